The predicted molar refractivity (Wildman–Crippen MR) is 87.8 cm³/mol. The van der Waals surface area contributed by atoms with E-state index in [-0.39, 0.29) is 17.3 Å². The molecule has 0 N–H and O–H groups in total. The number of carbonyl (C=O) groups excluding carboxylic acids is 1. The SMILES string of the molecule is CN(CC(=O)N1CCCCCC1)C1=NS(=O)(=O)c2ccccc21. The van der Waals surface area contributed by atoms with E-state index in [0.717, 1.165) is 38.8 Å². The quantitative estimate of drug-likeness (QED) is 0.821. The van der Waals surface area contributed by atoms with E-state index in [1.165, 1.54) is 0 Å². The van der Waals surface area contributed by atoms with Gasteiger partial charge in [0.1, 0.15) is 4.90 Å². The molecule has 1 saturated heterocycles. The summed E-state index contributed by atoms with van der Waals surface area (Å²) in [7, 11) is -1.93. The second kappa shape index (κ2) is 6.31. The molecule has 6 nitrogen and oxygen atoms in total. The van der Waals surface area contributed by atoms with E-state index in [2.05, 4.69) is 4.40 Å². The predicted octanol–water partition coefficient (Wildman–Crippen LogP) is 1.47. The fraction of sp³-hybridized carbons (Fsp3) is 0.500. The number of hydrogen-bond donors (Lipinski definition) is 0. The molecule has 0 aliphatic carbocycles. The van der Waals surface area contributed by atoms with Crippen LogP contribution in [0.3, 0.4) is 0 Å². The van der Waals surface area contributed by atoms with Gasteiger partial charge < -0.3 is 9.80 Å². The second-order valence-corrected chi connectivity index (χ2v) is 7.61. The van der Waals surface area contributed by atoms with E-state index >= 15 is 0 Å². The second-order valence-electron chi connectivity index (χ2n) is 6.04. The summed E-state index contributed by atoms with van der Waals surface area (Å²) >= 11 is 0. The number of fused-ring (bicyclic) bond motifs is 1. The maximum atomic E-state index is 12.5. The van der Waals surface area contributed by atoms with Crippen molar-refractivity contribution in [2.45, 2.75) is 30.6 Å². The Hall–Kier alpha value is -1.89. The zero-order valence-corrected chi connectivity index (χ0v) is 14.1. The normalized spacial score (nSPS) is 19.7. The molecule has 7 heteroatoms. The average Bonchev–Trinajstić information content (AvgIpc) is 2.72. The Balaban J connectivity index is 1.76. The molecule has 23 heavy (non-hydrogen) atoms. The van der Waals surface area contributed by atoms with Crippen LogP contribution in [0.15, 0.2) is 33.6 Å². The first-order valence-electron chi connectivity index (χ1n) is 7.92. The monoisotopic (exact) mass is 335 g/mol. The van der Waals surface area contributed by atoms with Gasteiger partial charge in [0, 0.05) is 25.7 Å². The maximum absolute atomic E-state index is 12.5. The van der Waals surface area contributed by atoms with Crippen LogP contribution >= 0.6 is 0 Å². The number of amidine groups is 1. The number of carbonyl (C=O) groups is 1. The van der Waals surface area contributed by atoms with E-state index in [1.54, 1.807) is 36.2 Å². The lowest BCUT2D eigenvalue weighted by molar-refractivity contribution is -0.131. The summed E-state index contributed by atoms with van der Waals surface area (Å²) in [5.41, 5.74) is 0.568. The molecular weight excluding hydrogens is 314 g/mol. The van der Waals surface area contributed by atoms with Gasteiger partial charge >= 0.3 is 0 Å². The Kier molecular flexibility index (Phi) is 4.39. The Morgan fingerprint density at radius 3 is 2.52 bits per heavy atom. The Morgan fingerprint density at radius 1 is 1.17 bits per heavy atom. The number of rotatable bonds is 2. The Labute approximate surface area is 136 Å². The average molecular weight is 335 g/mol. The molecule has 1 amide bonds. The van der Waals surface area contributed by atoms with E-state index < -0.39 is 10.0 Å². The minimum Gasteiger partial charge on any atom is -0.349 e. The number of sulfonamides is 1. The topological polar surface area (TPSA) is 70.1 Å². The maximum Gasteiger partial charge on any atom is 0.285 e. The van der Waals surface area contributed by atoms with Crippen LogP contribution in [-0.4, -0.2) is 56.6 Å². The van der Waals surface area contributed by atoms with Crippen molar-refractivity contribution in [1.29, 1.82) is 0 Å². The fourth-order valence-electron chi connectivity index (χ4n) is 3.06. The number of likely N-dealkylation sites (N-methyl/N-ethyl adjacent to an activating group) is 1. The molecule has 0 aromatic heterocycles. The van der Waals surface area contributed by atoms with Crippen LogP contribution in [0.25, 0.3) is 0 Å². The molecule has 1 aromatic carbocycles. The summed E-state index contributed by atoms with van der Waals surface area (Å²) in [4.78, 5) is 16.2. The third kappa shape index (κ3) is 3.24. The van der Waals surface area contributed by atoms with Crippen LogP contribution in [0, 0.1) is 0 Å². The van der Waals surface area contributed by atoms with Crippen molar-refractivity contribution in [1.82, 2.24) is 9.80 Å². The summed E-state index contributed by atoms with van der Waals surface area (Å²) in [6.07, 6.45) is 4.40. The van der Waals surface area contributed by atoms with Gasteiger partial charge in [0.2, 0.25) is 5.91 Å². The summed E-state index contributed by atoms with van der Waals surface area (Å²) in [5.74, 6) is 0.377. The van der Waals surface area contributed by atoms with Gasteiger partial charge in [-0.05, 0) is 25.0 Å². The highest BCUT2D eigenvalue weighted by molar-refractivity contribution is 7.90. The van der Waals surface area contributed by atoms with Gasteiger partial charge in [-0.15, -0.1) is 4.40 Å². The first-order chi connectivity index (χ1) is 11.0. The van der Waals surface area contributed by atoms with Crippen molar-refractivity contribution >= 4 is 21.8 Å². The van der Waals surface area contributed by atoms with Crippen LogP contribution in [0.5, 0.6) is 0 Å². The van der Waals surface area contributed by atoms with Gasteiger partial charge in [-0.2, -0.15) is 8.42 Å². The first-order valence-corrected chi connectivity index (χ1v) is 9.36. The fourth-order valence-corrected chi connectivity index (χ4v) is 4.31. The van der Waals surface area contributed by atoms with Gasteiger partial charge in [-0.1, -0.05) is 25.0 Å². The van der Waals surface area contributed by atoms with Crippen molar-refractivity contribution in [2.75, 3.05) is 26.7 Å². The lowest BCUT2D eigenvalue weighted by Gasteiger charge is -2.25. The smallest absolute Gasteiger partial charge is 0.285 e. The van der Waals surface area contributed by atoms with Gasteiger partial charge in [0.15, 0.2) is 5.84 Å². The van der Waals surface area contributed by atoms with Gasteiger partial charge in [0.05, 0.1) is 6.54 Å². The Bertz CT molecular complexity index is 735. The number of hydrogen-bond acceptors (Lipinski definition) is 4. The molecule has 124 valence electrons. The van der Waals surface area contributed by atoms with Crippen molar-refractivity contribution in [3.63, 3.8) is 0 Å². The lowest BCUT2D eigenvalue weighted by Crippen LogP contribution is -2.41. The molecule has 0 radical (unpaired) electrons. The van der Waals surface area contributed by atoms with Crippen molar-refractivity contribution in [3.05, 3.63) is 29.8 Å². The zero-order valence-electron chi connectivity index (χ0n) is 13.2. The van der Waals surface area contributed by atoms with Crippen LogP contribution in [0.2, 0.25) is 0 Å². The molecule has 0 bridgehead atoms. The summed E-state index contributed by atoms with van der Waals surface area (Å²) < 4.78 is 28.0. The third-order valence-electron chi connectivity index (χ3n) is 4.31. The van der Waals surface area contributed by atoms with Crippen molar-refractivity contribution in [3.8, 4) is 0 Å². The molecular formula is C16H21N3O3S. The molecule has 0 atom stereocenters. The highest BCUT2D eigenvalue weighted by Gasteiger charge is 2.31. The van der Waals surface area contributed by atoms with Crippen molar-refractivity contribution < 1.29 is 13.2 Å². The number of nitrogens with zero attached hydrogens (tertiary/aromatic N) is 3. The highest BCUT2D eigenvalue weighted by atomic mass is 32.2. The van der Waals surface area contributed by atoms with Gasteiger partial charge in [-0.3, -0.25) is 4.79 Å². The van der Waals surface area contributed by atoms with Crippen LogP contribution in [0.1, 0.15) is 31.2 Å². The summed E-state index contributed by atoms with van der Waals surface area (Å²) in [5, 5.41) is 0. The van der Waals surface area contributed by atoms with E-state index in [0.29, 0.717) is 11.4 Å². The molecule has 1 aromatic rings. The molecule has 2 heterocycles. The van der Waals surface area contributed by atoms with Gasteiger partial charge in [-0.25, -0.2) is 0 Å². The molecule has 0 spiro atoms. The Morgan fingerprint density at radius 2 is 1.83 bits per heavy atom. The molecule has 0 unspecified atom stereocenters. The van der Waals surface area contributed by atoms with Crippen molar-refractivity contribution in [2.24, 2.45) is 4.40 Å². The zero-order chi connectivity index (χ0) is 16.4. The first kappa shape index (κ1) is 16.0. The minimum atomic E-state index is -3.64. The standard InChI is InChI=1S/C16H21N3O3S/c1-18(12-15(20)19-10-6-2-3-7-11-19)16-13-8-4-5-9-14(13)23(21,22)17-16/h4-5,8-9H,2-3,6-7,10-12H2,1H3. The van der Waals surface area contributed by atoms with Crippen LogP contribution in [-0.2, 0) is 14.8 Å². The minimum absolute atomic E-state index is 0.0267. The van der Waals surface area contributed by atoms with E-state index in [4.69, 9.17) is 0 Å². The van der Waals surface area contributed by atoms with E-state index in [1.807, 2.05) is 4.90 Å². The summed E-state index contributed by atoms with van der Waals surface area (Å²) in [6.45, 7) is 1.71. The van der Waals surface area contributed by atoms with E-state index in [9.17, 15) is 13.2 Å². The lowest BCUT2D eigenvalue weighted by atomic mass is 10.2. The molecule has 0 saturated carbocycles. The number of amides is 1. The number of benzene rings is 1. The largest absolute Gasteiger partial charge is 0.349 e. The summed E-state index contributed by atoms with van der Waals surface area (Å²) in [6, 6.07) is 6.73. The third-order valence-corrected chi connectivity index (χ3v) is 5.63. The highest BCUT2D eigenvalue weighted by Crippen LogP contribution is 2.26. The molecule has 2 aliphatic heterocycles. The molecule has 3 rings (SSSR count). The van der Waals surface area contributed by atoms with Crippen LogP contribution < -0.4 is 0 Å². The van der Waals surface area contributed by atoms with Crippen LogP contribution in [0.4, 0.5) is 0 Å². The molecule has 2 aliphatic rings. The van der Waals surface area contributed by atoms with Gasteiger partial charge in [0.25, 0.3) is 10.0 Å². The molecule has 1 fully saturated rings. The number of likely N-dealkylation sites (tertiary alicyclic amines) is 1.